The van der Waals surface area contributed by atoms with E-state index in [4.69, 9.17) is 18.9 Å². The Balaban J connectivity index is 1.80. The molecule has 11 heteroatoms. The third kappa shape index (κ3) is 5.46. The fourth-order valence-electron chi connectivity index (χ4n) is 4.67. The van der Waals surface area contributed by atoms with Crippen LogP contribution in [0.5, 0.6) is 5.75 Å². The van der Waals surface area contributed by atoms with Crippen LogP contribution in [0.15, 0.2) is 10.5 Å². The molecule has 0 spiro atoms. The van der Waals surface area contributed by atoms with Crippen LogP contribution in [0.4, 0.5) is 10.5 Å². The quantitative estimate of drug-likeness (QED) is 0.303. The number of fused-ring (bicyclic) bond motifs is 1. The molecule has 188 valence electrons. The molecule has 3 rings (SSSR count). The van der Waals surface area contributed by atoms with Crippen LogP contribution in [0.2, 0.25) is 0 Å². The van der Waals surface area contributed by atoms with Gasteiger partial charge in [0.15, 0.2) is 0 Å². The van der Waals surface area contributed by atoms with Crippen molar-refractivity contribution in [2.75, 3.05) is 7.11 Å². The zero-order chi connectivity index (χ0) is 25.4. The van der Waals surface area contributed by atoms with Gasteiger partial charge in [0.25, 0.3) is 5.69 Å². The number of esters is 1. The van der Waals surface area contributed by atoms with Crippen molar-refractivity contribution < 1.29 is 33.5 Å². The Kier molecular flexibility index (Phi) is 7.47. The molecule has 1 saturated carbocycles. The normalized spacial score (nSPS) is 26.6. The minimum Gasteiger partial charge on any atom is -0.465 e. The van der Waals surface area contributed by atoms with Gasteiger partial charge in [0.05, 0.1) is 22.6 Å². The summed E-state index contributed by atoms with van der Waals surface area (Å²) in [6.45, 7) is 9.03. The SMILES string of the molecule is COC(=O)c1c2c(cc(Br)c1[N+](=O)[O-])O[C@](C)(C1CCC(NC(=O)OC(C)(C)C)CC1)OC2C. The largest absolute Gasteiger partial charge is 0.465 e. The lowest BCUT2D eigenvalue weighted by Crippen LogP contribution is -2.50. The van der Waals surface area contributed by atoms with E-state index < -0.39 is 34.5 Å². The fraction of sp³-hybridized carbons (Fsp3) is 0.652. The number of hydrogen-bond acceptors (Lipinski definition) is 8. The number of alkyl carbamates (subject to hydrolysis) is 1. The Hall–Kier alpha value is -2.40. The van der Waals surface area contributed by atoms with E-state index in [0.29, 0.717) is 11.3 Å². The molecule has 1 unspecified atom stereocenters. The third-order valence-corrected chi connectivity index (χ3v) is 6.75. The summed E-state index contributed by atoms with van der Waals surface area (Å²) in [5, 5.41) is 14.6. The van der Waals surface area contributed by atoms with Crippen LogP contribution in [-0.2, 0) is 14.2 Å². The molecule has 0 bridgehead atoms. The monoisotopic (exact) mass is 542 g/mol. The van der Waals surface area contributed by atoms with Gasteiger partial charge in [0, 0.05) is 30.5 Å². The van der Waals surface area contributed by atoms with Gasteiger partial charge in [-0.25, -0.2) is 9.59 Å². The van der Waals surface area contributed by atoms with Gasteiger partial charge in [-0.1, -0.05) is 0 Å². The number of hydrogen-bond donors (Lipinski definition) is 1. The van der Waals surface area contributed by atoms with Crippen molar-refractivity contribution in [3.05, 3.63) is 31.8 Å². The van der Waals surface area contributed by atoms with Crippen LogP contribution in [0.25, 0.3) is 0 Å². The molecule has 2 atom stereocenters. The van der Waals surface area contributed by atoms with E-state index in [-0.39, 0.29) is 27.7 Å². The first-order chi connectivity index (χ1) is 15.8. The summed E-state index contributed by atoms with van der Waals surface area (Å²) in [7, 11) is 1.17. The summed E-state index contributed by atoms with van der Waals surface area (Å²) in [5.41, 5.74) is -0.841. The van der Waals surface area contributed by atoms with Crippen molar-refractivity contribution in [3.8, 4) is 5.75 Å². The highest BCUT2D eigenvalue weighted by molar-refractivity contribution is 9.10. The highest BCUT2D eigenvalue weighted by atomic mass is 79.9. The van der Waals surface area contributed by atoms with E-state index in [1.165, 1.54) is 13.2 Å². The summed E-state index contributed by atoms with van der Waals surface area (Å²) < 4.78 is 22.8. The van der Waals surface area contributed by atoms with Gasteiger partial charge >= 0.3 is 12.1 Å². The van der Waals surface area contributed by atoms with Gasteiger partial charge in [-0.15, -0.1) is 0 Å². The van der Waals surface area contributed by atoms with E-state index >= 15 is 0 Å². The molecule has 0 saturated heterocycles. The molecule has 34 heavy (non-hydrogen) atoms. The molecule has 0 radical (unpaired) electrons. The first-order valence-electron chi connectivity index (χ1n) is 11.2. The summed E-state index contributed by atoms with van der Waals surface area (Å²) in [5.74, 6) is -1.49. The number of nitrogens with zero attached hydrogens (tertiary/aromatic N) is 1. The highest BCUT2D eigenvalue weighted by Crippen LogP contribution is 2.50. The van der Waals surface area contributed by atoms with E-state index in [1.807, 2.05) is 27.7 Å². The molecule has 1 heterocycles. The van der Waals surface area contributed by atoms with Crippen molar-refractivity contribution in [1.82, 2.24) is 5.32 Å². The first-order valence-corrected chi connectivity index (χ1v) is 12.0. The Morgan fingerprint density at radius 1 is 1.26 bits per heavy atom. The van der Waals surface area contributed by atoms with Gasteiger partial charge in [-0.2, -0.15) is 0 Å². The molecule has 1 aliphatic heterocycles. The lowest BCUT2D eigenvalue weighted by molar-refractivity contribution is -0.386. The van der Waals surface area contributed by atoms with Gasteiger partial charge in [-0.05, 0) is 69.3 Å². The second-order valence-electron chi connectivity index (χ2n) is 9.82. The van der Waals surface area contributed by atoms with Gasteiger partial charge in [0.1, 0.15) is 16.9 Å². The van der Waals surface area contributed by atoms with Crippen LogP contribution >= 0.6 is 15.9 Å². The number of nitrogens with one attached hydrogen (secondary N) is 1. The number of benzene rings is 1. The molecule has 10 nitrogen and oxygen atoms in total. The molecule has 1 N–H and O–H groups in total. The summed E-state index contributed by atoms with van der Waals surface area (Å²) in [6.07, 6.45) is 1.84. The Morgan fingerprint density at radius 3 is 2.41 bits per heavy atom. The zero-order valence-corrected chi connectivity index (χ0v) is 21.8. The number of carbonyl (C=O) groups is 2. The summed E-state index contributed by atoms with van der Waals surface area (Å²) >= 11 is 3.21. The Morgan fingerprint density at radius 2 is 1.88 bits per heavy atom. The number of halogens is 1. The standard InChI is InChI=1S/C23H31BrN2O8/c1-12-17-16(11-15(24)19(26(29)30)18(17)20(27)31-6)33-23(5,32-12)13-7-9-14(10-8-13)25-21(28)34-22(2,3)4/h11-14H,7-10H2,1-6H3,(H,25,28)/t12?,13?,14?,23-/m1/s1. The molecule has 1 fully saturated rings. The van der Waals surface area contributed by atoms with Crippen LogP contribution in [-0.4, -0.2) is 41.5 Å². The molecule has 2 aliphatic rings. The number of nitro benzene ring substituents is 1. The van der Waals surface area contributed by atoms with Gasteiger partial charge < -0.3 is 24.3 Å². The predicted octanol–water partition coefficient (Wildman–Crippen LogP) is 5.41. The number of carbonyl (C=O) groups excluding carboxylic acids is 2. The van der Waals surface area contributed by atoms with Crippen molar-refractivity contribution in [1.29, 1.82) is 0 Å². The second kappa shape index (κ2) is 9.69. The minimum absolute atomic E-state index is 0.00859. The summed E-state index contributed by atoms with van der Waals surface area (Å²) in [6, 6.07) is 1.50. The maximum absolute atomic E-state index is 12.5. The molecule has 1 aliphatic carbocycles. The lowest BCUT2D eigenvalue weighted by Gasteiger charge is -2.46. The van der Waals surface area contributed by atoms with Gasteiger partial charge in [-0.3, -0.25) is 10.1 Å². The third-order valence-electron chi connectivity index (χ3n) is 6.15. The van der Waals surface area contributed by atoms with Gasteiger partial charge in [0.2, 0.25) is 5.79 Å². The van der Waals surface area contributed by atoms with Crippen molar-refractivity contribution >= 4 is 33.7 Å². The van der Waals surface area contributed by atoms with E-state index in [9.17, 15) is 19.7 Å². The fourth-order valence-corrected chi connectivity index (χ4v) is 5.23. The lowest BCUT2D eigenvalue weighted by atomic mass is 9.80. The van der Waals surface area contributed by atoms with E-state index in [2.05, 4.69) is 21.2 Å². The number of rotatable bonds is 4. The maximum Gasteiger partial charge on any atom is 0.407 e. The minimum atomic E-state index is -1.01. The van der Waals surface area contributed by atoms with Crippen LogP contribution < -0.4 is 10.1 Å². The molecule has 1 amide bonds. The molecule has 1 aromatic rings. The Labute approximate surface area is 206 Å². The van der Waals surface area contributed by atoms with E-state index in [0.717, 1.165) is 25.7 Å². The maximum atomic E-state index is 12.5. The van der Waals surface area contributed by atoms with Crippen molar-refractivity contribution in [2.45, 2.75) is 83.8 Å². The van der Waals surface area contributed by atoms with Crippen LogP contribution in [0, 0.1) is 16.0 Å². The average Bonchev–Trinajstić information content (AvgIpc) is 2.70. The second-order valence-corrected chi connectivity index (χ2v) is 10.7. The highest BCUT2D eigenvalue weighted by Gasteiger charge is 2.47. The number of methoxy groups -OCH3 is 1. The zero-order valence-electron chi connectivity index (χ0n) is 20.2. The van der Waals surface area contributed by atoms with Crippen LogP contribution in [0.3, 0.4) is 0 Å². The molecular weight excluding hydrogens is 512 g/mol. The Bertz CT molecular complexity index is 984. The number of ether oxygens (including phenoxy) is 4. The number of nitro groups is 1. The first kappa shape index (κ1) is 26.2. The molecular formula is C23H31BrN2O8. The average molecular weight is 543 g/mol. The smallest absolute Gasteiger partial charge is 0.407 e. The summed E-state index contributed by atoms with van der Waals surface area (Å²) in [4.78, 5) is 35.6. The predicted molar refractivity (Wildman–Crippen MR) is 126 cm³/mol. The molecule has 0 aromatic heterocycles. The van der Waals surface area contributed by atoms with E-state index in [1.54, 1.807) is 6.92 Å². The van der Waals surface area contributed by atoms with Crippen molar-refractivity contribution in [2.24, 2.45) is 5.92 Å². The topological polar surface area (TPSA) is 126 Å². The molecule has 1 aromatic carbocycles. The van der Waals surface area contributed by atoms with Crippen LogP contribution in [0.1, 0.15) is 82.3 Å². The van der Waals surface area contributed by atoms with Crippen molar-refractivity contribution in [3.63, 3.8) is 0 Å². The number of amides is 1.